The fourth-order valence-electron chi connectivity index (χ4n) is 2.15. The van der Waals surface area contributed by atoms with E-state index in [1.165, 1.54) is 11.3 Å². The first-order valence-electron chi connectivity index (χ1n) is 6.73. The minimum absolute atomic E-state index is 0.122. The molecule has 0 saturated heterocycles. The summed E-state index contributed by atoms with van der Waals surface area (Å²) in [4.78, 5) is 35.6. The van der Waals surface area contributed by atoms with Crippen molar-refractivity contribution in [1.29, 1.82) is 0 Å². The Kier molecular flexibility index (Phi) is 4.14. The number of thiazole rings is 1. The van der Waals surface area contributed by atoms with Crippen LogP contribution < -0.4 is 5.56 Å². The molecule has 0 radical (unpaired) electrons. The van der Waals surface area contributed by atoms with Gasteiger partial charge in [0.2, 0.25) is 0 Å². The Morgan fingerprint density at radius 2 is 2.13 bits per heavy atom. The number of nitrogens with zero attached hydrogens (tertiary/aromatic N) is 2. The van der Waals surface area contributed by atoms with Gasteiger partial charge in [0.1, 0.15) is 17.3 Å². The van der Waals surface area contributed by atoms with Crippen LogP contribution in [0.5, 0.6) is 0 Å². The molecule has 3 aromatic rings. The third-order valence-electron chi connectivity index (χ3n) is 3.15. The largest absolute Gasteiger partial charge is 0.453 e. The number of benzene rings is 1. The van der Waals surface area contributed by atoms with Gasteiger partial charge in [-0.2, -0.15) is 0 Å². The second-order valence-electron chi connectivity index (χ2n) is 4.90. The number of hydrogen-bond donors (Lipinski definition) is 1. The Morgan fingerprint density at radius 3 is 2.83 bits per heavy atom. The predicted molar refractivity (Wildman–Crippen MR) is 88.1 cm³/mol. The number of fused-ring (bicyclic) bond motifs is 1. The number of H-pyrrole nitrogens is 1. The van der Waals surface area contributed by atoms with Crippen LogP contribution in [-0.4, -0.2) is 20.9 Å². The molecule has 23 heavy (non-hydrogen) atoms. The number of rotatable bonds is 3. The molecule has 0 unspecified atom stereocenters. The zero-order valence-electron chi connectivity index (χ0n) is 12.3. The number of hydrogen-bond acceptors (Lipinski definition) is 6. The SMILES string of the molecule is Cc1nc(C)c(C(=O)OCc2nc3ccc(Cl)cc3c(=O)[nH]2)s1. The lowest BCUT2D eigenvalue weighted by Gasteiger charge is -2.05. The highest BCUT2D eigenvalue weighted by atomic mass is 35.5. The first-order valence-corrected chi connectivity index (χ1v) is 7.93. The summed E-state index contributed by atoms with van der Waals surface area (Å²) < 4.78 is 5.21. The molecule has 6 nitrogen and oxygen atoms in total. The van der Waals surface area contributed by atoms with Gasteiger partial charge in [-0.25, -0.2) is 14.8 Å². The van der Waals surface area contributed by atoms with Crippen molar-refractivity contribution in [3.63, 3.8) is 0 Å². The van der Waals surface area contributed by atoms with Crippen molar-refractivity contribution in [2.75, 3.05) is 0 Å². The number of carbonyl (C=O) groups is 1. The second-order valence-corrected chi connectivity index (χ2v) is 6.54. The highest BCUT2D eigenvalue weighted by Crippen LogP contribution is 2.19. The van der Waals surface area contributed by atoms with Crippen LogP contribution >= 0.6 is 22.9 Å². The lowest BCUT2D eigenvalue weighted by atomic mass is 10.2. The van der Waals surface area contributed by atoms with Crippen LogP contribution in [-0.2, 0) is 11.3 Å². The number of aryl methyl sites for hydroxylation is 2. The molecule has 1 aromatic carbocycles. The fourth-order valence-corrected chi connectivity index (χ4v) is 3.13. The Bertz CT molecular complexity index is 964. The molecule has 0 fully saturated rings. The third-order valence-corrected chi connectivity index (χ3v) is 4.43. The molecule has 0 aliphatic heterocycles. The zero-order valence-corrected chi connectivity index (χ0v) is 13.9. The fraction of sp³-hybridized carbons (Fsp3) is 0.200. The van der Waals surface area contributed by atoms with Crippen molar-refractivity contribution in [2.45, 2.75) is 20.5 Å². The summed E-state index contributed by atoms with van der Waals surface area (Å²) in [5.74, 6) is -0.205. The summed E-state index contributed by atoms with van der Waals surface area (Å²) in [5.41, 5.74) is 0.800. The van der Waals surface area contributed by atoms with Crippen molar-refractivity contribution < 1.29 is 9.53 Å². The number of ether oxygens (including phenoxy) is 1. The lowest BCUT2D eigenvalue weighted by Crippen LogP contribution is -2.14. The summed E-state index contributed by atoms with van der Waals surface area (Å²) in [5, 5.41) is 1.64. The van der Waals surface area contributed by atoms with E-state index in [0.717, 1.165) is 5.01 Å². The smallest absolute Gasteiger partial charge is 0.350 e. The van der Waals surface area contributed by atoms with E-state index >= 15 is 0 Å². The van der Waals surface area contributed by atoms with Gasteiger partial charge in [-0.3, -0.25) is 4.79 Å². The van der Waals surface area contributed by atoms with Crippen LogP contribution in [0.3, 0.4) is 0 Å². The number of nitrogens with one attached hydrogen (secondary N) is 1. The van der Waals surface area contributed by atoms with Crippen LogP contribution in [0, 0.1) is 13.8 Å². The summed E-state index contributed by atoms with van der Waals surface area (Å²) in [6.07, 6.45) is 0. The maximum absolute atomic E-state index is 12.1. The van der Waals surface area contributed by atoms with E-state index in [-0.39, 0.29) is 18.0 Å². The van der Waals surface area contributed by atoms with Crippen LogP contribution in [0.4, 0.5) is 0 Å². The lowest BCUT2D eigenvalue weighted by molar-refractivity contribution is 0.0467. The minimum Gasteiger partial charge on any atom is -0.453 e. The third kappa shape index (κ3) is 3.25. The van der Waals surface area contributed by atoms with Gasteiger partial charge in [0.15, 0.2) is 0 Å². The molecule has 8 heteroatoms. The summed E-state index contributed by atoms with van der Waals surface area (Å²) in [7, 11) is 0. The number of aromatic amines is 1. The first kappa shape index (κ1) is 15.6. The quantitative estimate of drug-likeness (QED) is 0.735. The number of aromatic nitrogens is 3. The van der Waals surface area contributed by atoms with Crippen LogP contribution in [0.1, 0.15) is 26.2 Å². The first-order chi connectivity index (χ1) is 10.9. The Labute approximate surface area is 140 Å². The molecular weight excluding hydrogens is 338 g/mol. The van der Waals surface area contributed by atoms with Crippen LogP contribution in [0.2, 0.25) is 5.02 Å². The predicted octanol–water partition coefficient (Wildman–Crippen LogP) is 3.01. The monoisotopic (exact) mass is 349 g/mol. The Hall–Kier alpha value is -2.25. The van der Waals surface area contributed by atoms with Gasteiger partial charge in [0.25, 0.3) is 5.56 Å². The maximum Gasteiger partial charge on any atom is 0.350 e. The van der Waals surface area contributed by atoms with Crippen LogP contribution in [0.25, 0.3) is 10.9 Å². The molecule has 0 atom stereocenters. The molecule has 0 aliphatic carbocycles. The second kappa shape index (κ2) is 6.10. The average Bonchev–Trinajstić information content (AvgIpc) is 2.84. The minimum atomic E-state index is -0.480. The van der Waals surface area contributed by atoms with E-state index < -0.39 is 5.97 Å². The number of halogens is 1. The van der Waals surface area contributed by atoms with Crippen molar-refractivity contribution >= 4 is 39.8 Å². The highest BCUT2D eigenvalue weighted by molar-refractivity contribution is 7.13. The summed E-state index contributed by atoms with van der Waals surface area (Å²) in [6, 6.07) is 4.84. The van der Waals surface area contributed by atoms with Crippen molar-refractivity contribution in [3.8, 4) is 0 Å². The molecule has 1 N–H and O–H groups in total. The van der Waals surface area contributed by atoms with Crippen molar-refractivity contribution in [2.24, 2.45) is 0 Å². The van der Waals surface area contributed by atoms with E-state index in [1.54, 1.807) is 25.1 Å². The number of carbonyl (C=O) groups excluding carboxylic acids is 1. The van der Waals surface area contributed by atoms with Gasteiger partial charge in [-0.05, 0) is 32.0 Å². The Morgan fingerprint density at radius 1 is 1.35 bits per heavy atom. The topological polar surface area (TPSA) is 84.9 Å². The molecular formula is C15H12ClN3O3S. The molecule has 0 saturated carbocycles. The summed E-state index contributed by atoms with van der Waals surface area (Å²) in [6.45, 7) is 3.45. The summed E-state index contributed by atoms with van der Waals surface area (Å²) >= 11 is 7.14. The maximum atomic E-state index is 12.1. The van der Waals surface area contributed by atoms with Gasteiger partial charge >= 0.3 is 5.97 Å². The van der Waals surface area contributed by atoms with E-state index in [4.69, 9.17) is 16.3 Å². The number of esters is 1. The van der Waals surface area contributed by atoms with E-state index in [1.807, 2.05) is 6.92 Å². The molecule has 2 aromatic heterocycles. The molecule has 118 valence electrons. The van der Waals surface area contributed by atoms with Crippen LogP contribution in [0.15, 0.2) is 23.0 Å². The normalized spacial score (nSPS) is 10.9. The van der Waals surface area contributed by atoms with Crippen molar-refractivity contribution in [1.82, 2.24) is 15.0 Å². The van der Waals surface area contributed by atoms with E-state index in [2.05, 4.69) is 15.0 Å². The van der Waals surface area contributed by atoms with Gasteiger partial charge in [0, 0.05) is 5.02 Å². The molecule has 2 heterocycles. The highest BCUT2D eigenvalue weighted by Gasteiger charge is 2.16. The van der Waals surface area contributed by atoms with Gasteiger partial charge in [-0.15, -0.1) is 11.3 Å². The molecule has 0 bridgehead atoms. The molecule has 0 aliphatic rings. The Balaban J connectivity index is 1.82. The van der Waals surface area contributed by atoms with Crippen molar-refractivity contribution in [3.05, 3.63) is 55.0 Å². The van der Waals surface area contributed by atoms with E-state index in [0.29, 0.717) is 26.5 Å². The van der Waals surface area contributed by atoms with Gasteiger partial charge < -0.3 is 9.72 Å². The van der Waals surface area contributed by atoms with Gasteiger partial charge in [0.05, 0.1) is 21.6 Å². The standard InChI is InChI=1S/C15H12ClN3O3S/c1-7-13(23-8(2)17-7)15(21)22-6-12-18-11-4-3-9(16)5-10(11)14(20)19-12/h3-5H,6H2,1-2H3,(H,18,19,20). The molecule has 3 rings (SSSR count). The zero-order chi connectivity index (χ0) is 16.6. The van der Waals surface area contributed by atoms with Gasteiger partial charge in [-0.1, -0.05) is 11.6 Å². The molecule has 0 spiro atoms. The van der Waals surface area contributed by atoms with E-state index in [9.17, 15) is 9.59 Å². The molecule has 0 amide bonds. The average molecular weight is 350 g/mol.